The first-order chi connectivity index (χ1) is 17.5. The highest BCUT2D eigenvalue weighted by molar-refractivity contribution is 6.12. The van der Waals surface area contributed by atoms with Crippen molar-refractivity contribution in [1.29, 1.82) is 0 Å². The first-order valence-corrected chi connectivity index (χ1v) is 12.6. The SMILES string of the molecule is CCC1CC(C)c2c(C(=O)Nc3ccccc3)c(-c3ccccc3)c(-c3ccc(F)cc3)n2C1CO. The molecular weight excluding hydrogens is 451 g/mol. The lowest BCUT2D eigenvalue weighted by Gasteiger charge is -2.37. The standard InChI is InChI=1S/C31H31FN2O2/c1-3-21-18-20(2)29-28(31(36)33-25-12-8-5-9-13-25)27(22-10-6-4-7-11-22)30(34(29)26(21)19-35)23-14-16-24(32)17-15-23/h4-17,20-21,26,35H,3,18-19H2,1-2H3,(H,33,36). The minimum atomic E-state index is -0.314. The molecule has 2 heterocycles. The van der Waals surface area contributed by atoms with Gasteiger partial charge in [0.15, 0.2) is 0 Å². The first-order valence-electron chi connectivity index (χ1n) is 12.6. The number of carbonyl (C=O) groups excluding carboxylic acids is 1. The van der Waals surface area contributed by atoms with Crippen LogP contribution >= 0.6 is 0 Å². The van der Waals surface area contributed by atoms with Crippen LogP contribution in [0.25, 0.3) is 22.4 Å². The summed E-state index contributed by atoms with van der Waals surface area (Å²) in [5.41, 5.74) is 5.64. The molecule has 1 amide bonds. The van der Waals surface area contributed by atoms with E-state index < -0.39 is 0 Å². The summed E-state index contributed by atoms with van der Waals surface area (Å²) in [6.45, 7) is 4.27. The number of nitrogens with zero attached hydrogens (tertiary/aromatic N) is 1. The minimum Gasteiger partial charge on any atom is -0.394 e. The number of nitrogens with one attached hydrogen (secondary N) is 1. The highest BCUT2D eigenvalue weighted by Crippen LogP contribution is 2.50. The molecule has 3 unspecified atom stereocenters. The molecule has 0 saturated carbocycles. The predicted octanol–water partition coefficient (Wildman–Crippen LogP) is 7.28. The van der Waals surface area contributed by atoms with Crippen LogP contribution in [0.15, 0.2) is 84.9 Å². The van der Waals surface area contributed by atoms with Crippen molar-refractivity contribution in [3.8, 4) is 22.4 Å². The summed E-state index contributed by atoms with van der Waals surface area (Å²) in [4.78, 5) is 14.0. The molecule has 5 heteroatoms. The van der Waals surface area contributed by atoms with Crippen LogP contribution in [0.3, 0.4) is 0 Å². The van der Waals surface area contributed by atoms with Gasteiger partial charge in [-0.05, 0) is 65.8 Å². The van der Waals surface area contributed by atoms with Gasteiger partial charge in [0.05, 0.1) is 23.9 Å². The summed E-state index contributed by atoms with van der Waals surface area (Å²) in [6.07, 6.45) is 1.80. The Morgan fingerprint density at radius 1 is 0.972 bits per heavy atom. The number of aliphatic hydroxyl groups is 1. The Morgan fingerprint density at radius 3 is 2.22 bits per heavy atom. The third-order valence-electron chi connectivity index (χ3n) is 7.39. The number of fused-ring (bicyclic) bond motifs is 1. The Balaban J connectivity index is 1.84. The average Bonchev–Trinajstić information content (AvgIpc) is 3.27. The van der Waals surface area contributed by atoms with Gasteiger partial charge in [-0.25, -0.2) is 4.39 Å². The second kappa shape index (κ2) is 10.1. The fraction of sp³-hybridized carbons (Fsp3) is 0.258. The van der Waals surface area contributed by atoms with Crippen molar-refractivity contribution < 1.29 is 14.3 Å². The van der Waals surface area contributed by atoms with E-state index in [9.17, 15) is 14.3 Å². The molecule has 1 aromatic heterocycles. The van der Waals surface area contributed by atoms with E-state index in [-0.39, 0.29) is 36.2 Å². The van der Waals surface area contributed by atoms with Crippen molar-refractivity contribution in [3.63, 3.8) is 0 Å². The zero-order valence-electron chi connectivity index (χ0n) is 20.6. The number of amides is 1. The molecule has 1 aliphatic rings. The molecular formula is C31H31FN2O2. The third-order valence-corrected chi connectivity index (χ3v) is 7.39. The van der Waals surface area contributed by atoms with Crippen molar-refractivity contribution in [2.24, 2.45) is 5.92 Å². The van der Waals surface area contributed by atoms with Crippen LogP contribution in [-0.4, -0.2) is 22.2 Å². The normalized spacial score (nSPS) is 19.1. The Morgan fingerprint density at radius 2 is 1.61 bits per heavy atom. The lowest BCUT2D eigenvalue weighted by atomic mass is 9.81. The van der Waals surface area contributed by atoms with Crippen LogP contribution < -0.4 is 5.32 Å². The van der Waals surface area contributed by atoms with Gasteiger partial charge in [-0.15, -0.1) is 0 Å². The molecule has 1 aliphatic heterocycles. The van der Waals surface area contributed by atoms with Crippen LogP contribution in [0.1, 0.15) is 54.7 Å². The monoisotopic (exact) mass is 482 g/mol. The van der Waals surface area contributed by atoms with Crippen LogP contribution in [-0.2, 0) is 0 Å². The van der Waals surface area contributed by atoms with E-state index in [0.717, 1.165) is 46.6 Å². The molecule has 3 atom stereocenters. The van der Waals surface area contributed by atoms with E-state index in [0.29, 0.717) is 5.56 Å². The smallest absolute Gasteiger partial charge is 0.258 e. The molecule has 184 valence electrons. The maximum Gasteiger partial charge on any atom is 0.258 e. The van der Waals surface area contributed by atoms with Gasteiger partial charge in [0.25, 0.3) is 5.91 Å². The lowest BCUT2D eigenvalue weighted by molar-refractivity contribution is 0.102. The van der Waals surface area contributed by atoms with Crippen molar-refractivity contribution >= 4 is 11.6 Å². The maximum absolute atomic E-state index is 14.0. The van der Waals surface area contributed by atoms with E-state index >= 15 is 0 Å². The summed E-state index contributed by atoms with van der Waals surface area (Å²) >= 11 is 0. The molecule has 0 spiro atoms. The molecule has 0 fully saturated rings. The number of benzene rings is 3. The van der Waals surface area contributed by atoms with Gasteiger partial charge in [0, 0.05) is 16.9 Å². The molecule has 3 aromatic carbocycles. The summed E-state index contributed by atoms with van der Waals surface area (Å²) in [5.74, 6) is -0.134. The number of carbonyl (C=O) groups is 1. The van der Waals surface area contributed by atoms with Crippen LogP contribution in [0.5, 0.6) is 0 Å². The van der Waals surface area contributed by atoms with Gasteiger partial charge >= 0.3 is 0 Å². The third kappa shape index (κ3) is 4.24. The summed E-state index contributed by atoms with van der Waals surface area (Å²) in [7, 11) is 0. The molecule has 4 nitrogen and oxygen atoms in total. The summed E-state index contributed by atoms with van der Waals surface area (Å²) in [5, 5.41) is 13.7. The average molecular weight is 483 g/mol. The van der Waals surface area contributed by atoms with Gasteiger partial charge in [-0.1, -0.05) is 68.8 Å². The molecule has 2 N–H and O–H groups in total. The molecule has 0 bridgehead atoms. The van der Waals surface area contributed by atoms with E-state index in [1.807, 2.05) is 60.7 Å². The van der Waals surface area contributed by atoms with Crippen LogP contribution in [0.2, 0.25) is 0 Å². The Labute approximate surface area is 211 Å². The minimum absolute atomic E-state index is 0.0327. The van der Waals surface area contributed by atoms with Gasteiger partial charge < -0.3 is 15.0 Å². The van der Waals surface area contributed by atoms with Gasteiger partial charge in [0.2, 0.25) is 0 Å². The van der Waals surface area contributed by atoms with Crippen LogP contribution in [0, 0.1) is 11.7 Å². The highest BCUT2D eigenvalue weighted by Gasteiger charge is 2.40. The van der Waals surface area contributed by atoms with E-state index in [1.165, 1.54) is 12.1 Å². The van der Waals surface area contributed by atoms with E-state index in [4.69, 9.17) is 0 Å². The van der Waals surface area contributed by atoms with Crippen molar-refractivity contribution in [1.82, 2.24) is 4.57 Å². The van der Waals surface area contributed by atoms with E-state index in [2.05, 4.69) is 23.7 Å². The number of hydrogen-bond acceptors (Lipinski definition) is 2. The fourth-order valence-corrected chi connectivity index (χ4v) is 5.76. The maximum atomic E-state index is 14.0. The summed E-state index contributed by atoms with van der Waals surface area (Å²) in [6, 6.07) is 25.6. The predicted molar refractivity (Wildman–Crippen MR) is 143 cm³/mol. The fourth-order valence-electron chi connectivity index (χ4n) is 5.76. The molecule has 0 aliphatic carbocycles. The van der Waals surface area contributed by atoms with Crippen molar-refractivity contribution in [2.45, 2.75) is 38.6 Å². The quantitative estimate of drug-likeness (QED) is 0.303. The lowest BCUT2D eigenvalue weighted by Crippen LogP contribution is -2.32. The highest BCUT2D eigenvalue weighted by atomic mass is 19.1. The molecule has 36 heavy (non-hydrogen) atoms. The van der Waals surface area contributed by atoms with Crippen LogP contribution in [0.4, 0.5) is 10.1 Å². The first kappa shape index (κ1) is 24.0. The Hall–Kier alpha value is -3.70. The molecule has 0 saturated heterocycles. The van der Waals surface area contributed by atoms with E-state index in [1.54, 1.807) is 12.1 Å². The second-order valence-corrected chi connectivity index (χ2v) is 9.60. The number of rotatable bonds is 6. The Bertz CT molecular complexity index is 1350. The number of aliphatic hydroxyl groups excluding tert-OH is 1. The number of aromatic nitrogens is 1. The van der Waals surface area contributed by atoms with Crippen molar-refractivity contribution in [3.05, 3.63) is 102 Å². The zero-order valence-corrected chi connectivity index (χ0v) is 20.6. The van der Waals surface area contributed by atoms with Gasteiger partial charge in [-0.3, -0.25) is 4.79 Å². The molecule has 0 radical (unpaired) electrons. The molecule has 4 aromatic rings. The summed E-state index contributed by atoms with van der Waals surface area (Å²) < 4.78 is 16.1. The Kier molecular flexibility index (Phi) is 6.75. The largest absolute Gasteiger partial charge is 0.394 e. The van der Waals surface area contributed by atoms with Gasteiger partial charge in [-0.2, -0.15) is 0 Å². The number of anilines is 1. The zero-order chi connectivity index (χ0) is 25.2. The number of halogens is 1. The number of hydrogen-bond donors (Lipinski definition) is 2. The topological polar surface area (TPSA) is 54.3 Å². The molecule has 5 rings (SSSR count). The second-order valence-electron chi connectivity index (χ2n) is 9.60. The number of para-hydroxylation sites is 1. The van der Waals surface area contributed by atoms with Crippen molar-refractivity contribution in [2.75, 3.05) is 11.9 Å². The van der Waals surface area contributed by atoms with Gasteiger partial charge in [0.1, 0.15) is 5.82 Å².